The van der Waals surface area contributed by atoms with Crippen LogP contribution in [0.5, 0.6) is 0 Å². The van der Waals surface area contributed by atoms with Crippen molar-refractivity contribution in [3.05, 3.63) is 30.3 Å². The first kappa shape index (κ1) is 9.53. The molecule has 1 aliphatic heterocycles. The van der Waals surface area contributed by atoms with Gasteiger partial charge in [-0.25, -0.2) is 0 Å². The Labute approximate surface area is 85.5 Å². The number of morpholine rings is 1. The molecule has 0 saturated carbocycles. The van der Waals surface area contributed by atoms with Crippen LogP contribution < -0.4 is 4.90 Å². The molecule has 1 aromatic carbocycles. The van der Waals surface area contributed by atoms with Crippen LogP contribution in [0.2, 0.25) is 0 Å². The molecule has 2 heteroatoms. The highest BCUT2D eigenvalue weighted by Crippen LogP contribution is 2.22. The monoisotopic (exact) mass is 190 g/mol. The lowest BCUT2D eigenvalue weighted by molar-refractivity contribution is -0.0276. The van der Waals surface area contributed by atoms with Gasteiger partial charge in [-0.05, 0) is 32.0 Å². The predicted molar refractivity (Wildman–Crippen MR) is 57.5 cm³/mol. The quantitative estimate of drug-likeness (QED) is 0.672. The molecule has 1 aromatic rings. The fourth-order valence-electron chi connectivity index (χ4n) is 1.82. The molecule has 2 nitrogen and oxygen atoms in total. The maximum absolute atomic E-state index is 5.67. The van der Waals surface area contributed by atoms with Crippen LogP contribution >= 0.6 is 0 Å². The first-order valence-electron chi connectivity index (χ1n) is 5.02. The third-order valence-electron chi connectivity index (χ3n) is 2.48. The van der Waals surface area contributed by atoms with E-state index < -0.39 is 0 Å². The highest BCUT2D eigenvalue weighted by molar-refractivity contribution is 5.46. The van der Waals surface area contributed by atoms with Crippen molar-refractivity contribution in [2.75, 3.05) is 24.6 Å². The van der Waals surface area contributed by atoms with E-state index in [9.17, 15) is 0 Å². The van der Waals surface area contributed by atoms with Crippen LogP contribution in [0, 0.1) is 6.07 Å². The van der Waals surface area contributed by atoms with E-state index in [2.05, 4.69) is 30.9 Å². The number of hydrogen-bond donors (Lipinski definition) is 0. The maximum Gasteiger partial charge on any atom is 0.0801 e. The highest BCUT2D eigenvalue weighted by Gasteiger charge is 2.26. The van der Waals surface area contributed by atoms with E-state index in [-0.39, 0.29) is 5.60 Å². The molecule has 1 saturated heterocycles. The fourth-order valence-corrected chi connectivity index (χ4v) is 1.82. The summed E-state index contributed by atoms with van der Waals surface area (Å²) in [5, 5.41) is 0. The second kappa shape index (κ2) is 3.62. The van der Waals surface area contributed by atoms with E-state index in [1.807, 2.05) is 18.2 Å². The Morgan fingerprint density at radius 2 is 2.36 bits per heavy atom. The number of ether oxygens (including phenoxy) is 1. The summed E-state index contributed by atoms with van der Waals surface area (Å²) in [6.45, 7) is 6.99. The standard InChI is InChI=1S/C12H16NO/c1-12(2)10-13(8-9-14-12)11-6-4-3-5-7-11/h3-4,6-7H,8-10H2,1-2H3. The Balaban J connectivity index is 2.12. The molecular formula is C12H16NO. The molecule has 0 spiro atoms. The molecule has 75 valence electrons. The number of benzene rings is 1. The van der Waals surface area contributed by atoms with E-state index in [1.54, 1.807) is 0 Å². The fraction of sp³-hybridized carbons (Fsp3) is 0.500. The van der Waals surface area contributed by atoms with Crippen LogP contribution in [0.4, 0.5) is 5.69 Å². The normalized spacial score (nSPS) is 20.9. The van der Waals surface area contributed by atoms with E-state index >= 15 is 0 Å². The smallest absolute Gasteiger partial charge is 0.0801 e. The molecule has 1 aliphatic rings. The van der Waals surface area contributed by atoms with Crippen molar-refractivity contribution in [3.8, 4) is 0 Å². The SMILES string of the molecule is CC1(C)CN(c2c[c]ccc2)CCO1. The van der Waals surface area contributed by atoms with Crippen LogP contribution in [0.25, 0.3) is 0 Å². The van der Waals surface area contributed by atoms with Crippen molar-refractivity contribution in [3.63, 3.8) is 0 Å². The van der Waals surface area contributed by atoms with Gasteiger partial charge in [-0.15, -0.1) is 0 Å². The van der Waals surface area contributed by atoms with Gasteiger partial charge in [0.15, 0.2) is 0 Å². The van der Waals surface area contributed by atoms with Gasteiger partial charge in [0.25, 0.3) is 0 Å². The van der Waals surface area contributed by atoms with Crippen molar-refractivity contribution in [2.45, 2.75) is 19.4 Å². The van der Waals surface area contributed by atoms with Crippen molar-refractivity contribution in [1.82, 2.24) is 0 Å². The van der Waals surface area contributed by atoms with E-state index in [1.165, 1.54) is 5.69 Å². The van der Waals surface area contributed by atoms with Crippen LogP contribution in [0.1, 0.15) is 13.8 Å². The topological polar surface area (TPSA) is 12.5 Å². The van der Waals surface area contributed by atoms with Crippen molar-refractivity contribution >= 4 is 5.69 Å². The second-order valence-electron chi connectivity index (χ2n) is 4.29. The maximum atomic E-state index is 5.67. The first-order valence-corrected chi connectivity index (χ1v) is 5.02. The van der Waals surface area contributed by atoms with Gasteiger partial charge in [-0.3, -0.25) is 0 Å². The summed E-state index contributed by atoms with van der Waals surface area (Å²) in [6, 6.07) is 11.2. The summed E-state index contributed by atoms with van der Waals surface area (Å²) in [6.07, 6.45) is 0. The van der Waals surface area contributed by atoms with Crippen LogP contribution in [0.3, 0.4) is 0 Å². The average Bonchev–Trinajstić information content (AvgIpc) is 2.18. The van der Waals surface area contributed by atoms with Crippen LogP contribution in [-0.2, 0) is 4.74 Å². The minimum Gasteiger partial charge on any atom is -0.372 e. The molecule has 0 atom stereocenters. The van der Waals surface area contributed by atoms with Crippen molar-refractivity contribution in [1.29, 1.82) is 0 Å². The number of hydrogen-bond acceptors (Lipinski definition) is 2. The zero-order valence-corrected chi connectivity index (χ0v) is 8.79. The van der Waals surface area contributed by atoms with E-state index in [0.29, 0.717) is 0 Å². The number of nitrogens with zero attached hydrogens (tertiary/aromatic N) is 1. The van der Waals surface area contributed by atoms with Crippen molar-refractivity contribution < 1.29 is 4.74 Å². The lowest BCUT2D eigenvalue weighted by atomic mass is 10.1. The third-order valence-corrected chi connectivity index (χ3v) is 2.48. The van der Waals surface area contributed by atoms with E-state index in [0.717, 1.165) is 19.7 Å². The van der Waals surface area contributed by atoms with Gasteiger partial charge in [-0.1, -0.05) is 12.1 Å². The zero-order valence-electron chi connectivity index (χ0n) is 8.79. The van der Waals surface area contributed by atoms with Crippen LogP contribution in [-0.4, -0.2) is 25.3 Å². The molecular weight excluding hydrogens is 174 g/mol. The number of rotatable bonds is 1. The summed E-state index contributed by atoms with van der Waals surface area (Å²) in [7, 11) is 0. The Morgan fingerprint density at radius 1 is 1.50 bits per heavy atom. The van der Waals surface area contributed by atoms with Gasteiger partial charge >= 0.3 is 0 Å². The minimum absolute atomic E-state index is 0.0336. The molecule has 1 heterocycles. The summed E-state index contributed by atoms with van der Waals surface area (Å²) >= 11 is 0. The van der Waals surface area contributed by atoms with Gasteiger partial charge in [0.1, 0.15) is 0 Å². The molecule has 0 unspecified atom stereocenters. The predicted octanol–water partition coefficient (Wildman–Crippen LogP) is 2.10. The molecule has 0 amide bonds. The van der Waals surface area contributed by atoms with Crippen LogP contribution in [0.15, 0.2) is 24.3 Å². The molecule has 1 radical (unpaired) electrons. The molecule has 1 fully saturated rings. The molecule has 0 aromatic heterocycles. The molecule has 0 aliphatic carbocycles. The Hall–Kier alpha value is -1.02. The van der Waals surface area contributed by atoms with Gasteiger partial charge < -0.3 is 9.64 Å². The van der Waals surface area contributed by atoms with E-state index in [4.69, 9.17) is 4.74 Å². The van der Waals surface area contributed by atoms with Crippen molar-refractivity contribution in [2.24, 2.45) is 0 Å². The largest absolute Gasteiger partial charge is 0.372 e. The highest BCUT2D eigenvalue weighted by atomic mass is 16.5. The third kappa shape index (κ3) is 2.07. The molecule has 14 heavy (non-hydrogen) atoms. The zero-order chi connectivity index (χ0) is 10.0. The first-order chi connectivity index (χ1) is 6.67. The van der Waals surface area contributed by atoms with Gasteiger partial charge in [-0.2, -0.15) is 0 Å². The minimum atomic E-state index is -0.0336. The molecule has 2 rings (SSSR count). The summed E-state index contributed by atoms with van der Waals surface area (Å²) in [5.74, 6) is 0. The Kier molecular flexibility index (Phi) is 2.46. The Morgan fingerprint density at radius 3 is 3.00 bits per heavy atom. The Bertz CT molecular complexity index is 294. The average molecular weight is 190 g/mol. The summed E-state index contributed by atoms with van der Waals surface area (Å²) in [4.78, 5) is 2.35. The summed E-state index contributed by atoms with van der Waals surface area (Å²) in [5.41, 5.74) is 1.21. The lowest BCUT2D eigenvalue weighted by Crippen LogP contribution is -2.48. The molecule has 0 N–H and O–H groups in total. The second-order valence-corrected chi connectivity index (χ2v) is 4.29. The summed E-state index contributed by atoms with van der Waals surface area (Å²) < 4.78 is 5.67. The van der Waals surface area contributed by atoms with Gasteiger partial charge in [0.05, 0.1) is 12.2 Å². The van der Waals surface area contributed by atoms with Gasteiger partial charge in [0, 0.05) is 18.8 Å². The lowest BCUT2D eigenvalue weighted by Gasteiger charge is -2.39. The number of anilines is 1. The molecule has 0 bridgehead atoms. The van der Waals surface area contributed by atoms with Gasteiger partial charge in [0.2, 0.25) is 0 Å².